The van der Waals surface area contributed by atoms with Crippen LogP contribution in [-0.4, -0.2) is 16.2 Å². The summed E-state index contributed by atoms with van der Waals surface area (Å²) in [6.45, 7) is 1.70. The molecular weight excluding hydrogens is 212 g/mol. The van der Waals surface area contributed by atoms with Crippen molar-refractivity contribution in [3.05, 3.63) is 36.0 Å². The van der Waals surface area contributed by atoms with E-state index in [1.165, 1.54) is 0 Å². The van der Waals surface area contributed by atoms with Crippen molar-refractivity contribution in [3.63, 3.8) is 0 Å². The molecule has 2 aromatic rings. The van der Waals surface area contributed by atoms with Gasteiger partial charge in [-0.1, -0.05) is 12.1 Å². The summed E-state index contributed by atoms with van der Waals surface area (Å²) < 4.78 is 0. The molecule has 0 fully saturated rings. The van der Waals surface area contributed by atoms with Crippen molar-refractivity contribution >= 4 is 23.3 Å². The molecule has 1 heterocycles. The van der Waals surface area contributed by atoms with E-state index in [-0.39, 0.29) is 18.4 Å². The van der Waals surface area contributed by atoms with Crippen LogP contribution in [0.15, 0.2) is 30.5 Å². The molecule has 0 saturated carbocycles. The summed E-state index contributed by atoms with van der Waals surface area (Å²) in [5.74, 6) is 0. The molecule has 4 heteroatoms. The SMILES string of the molecule is C[C@@H](O)[C@@H](N)c1cccc2[nH]ccc12.Cl. The molecule has 1 aromatic heterocycles. The van der Waals surface area contributed by atoms with Crippen molar-refractivity contribution < 1.29 is 5.11 Å². The van der Waals surface area contributed by atoms with Crippen molar-refractivity contribution in [1.82, 2.24) is 4.98 Å². The first kappa shape index (κ1) is 12.0. The van der Waals surface area contributed by atoms with Gasteiger partial charge >= 0.3 is 0 Å². The van der Waals surface area contributed by atoms with Crippen LogP contribution in [0.4, 0.5) is 0 Å². The van der Waals surface area contributed by atoms with E-state index in [9.17, 15) is 5.11 Å². The van der Waals surface area contributed by atoms with E-state index in [0.29, 0.717) is 0 Å². The molecule has 0 aliphatic carbocycles. The summed E-state index contributed by atoms with van der Waals surface area (Å²) in [5.41, 5.74) is 7.94. The highest BCUT2D eigenvalue weighted by Gasteiger charge is 2.14. The normalized spacial score (nSPS) is 14.6. The monoisotopic (exact) mass is 226 g/mol. The van der Waals surface area contributed by atoms with Crippen LogP contribution < -0.4 is 5.73 Å². The Kier molecular flexibility index (Phi) is 3.74. The fourth-order valence-corrected chi connectivity index (χ4v) is 1.66. The Morgan fingerprint density at radius 3 is 2.73 bits per heavy atom. The standard InChI is InChI=1S/C11H14N2O.ClH/c1-7(14)11(12)9-3-2-4-10-8(9)5-6-13-10;/h2-7,11,13-14H,12H2,1H3;1H/t7-,11-;/m1./s1. The zero-order valence-electron chi connectivity index (χ0n) is 8.47. The van der Waals surface area contributed by atoms with Crippen molar-refractivity contribution in [3.8, 4) is 0 Å². The molecule has 1 aromatic carbocycles. The molecule has 0 aliphatic rings. The average Bonchev–Trinajstić information content (AvgIpc) is 2.63. The van der Waals surface area contributed by atoms with Crippen LogP contribution in [0.25, 0.3) is 10.9 Å². The molecule has 0 spiro atoms. The highest BCUT2D eigenvalue weighted by atomic mass is 35.5. The third kappa shape index (κ3) is 2.15. The van der Waals surface area contributed by atoms with Crippen molar-refractivity contribution in [2.75, 3.05) is 0 Å². The van der Waals surface area contributed by atoms with E-state index >= 15 is 0 Å². The lowest BCUT2D eigenvalue weighted by atomic mass is 10.00. The predicted octanol–water partition coefficient (Wildman–Crippen LogP) is 1.97. The number of aliphatic hydroxyl groups excluding tert-OH is 1. The minimum absolute atomic E-state index is 0. The Labute approximate surface area is 94.7 Å². The fraction of sp³-hybridized carbons (Fsp3) is 0.273. The lowest BCUT2D eigenvalue weighted by Gasteiger charge is -2.15. The number of nitrogens with two attached hydrogens (primary N) is 1. The van der Waals surface area contributed by atoms with Gasteiger partial charge in [0.05, 0.1) is 12.1 Å². The van der Waals surface area contributed by atoms with Crippen LogP contribution >= 0.6 is 12.4 Å². The molecule has 15 heavy (non-hydrogen) atoms. The number of H-pyrrole nitrogens is 1. The summed E-state index contributed by atoms with van der Waals surface area (Å²) >= 11 is 0. The number of nitrogens with one attached hydrogen (secondary N) is 1. The molecule has 0 bridgehead atoms. The summed E-state index contributed by atoms with van der Waals surface area (Å²) in [6, 6.07) is 7.54. The van der Waals surface area contributed by atoms with E-state index in [1.54, 1.807) is 6.92 Å². The number of benzene rings is 1. The molecule has 0 saturated heterocycles. The number of aromatic nitrogens is 1. The Morgan fingerprint density at radius 1 is 1.33 bits per heavy atom. The Bertz CT molecular complexity index is 439. The van der Waals surface area contributed by atoms with Gasteiger partial charge in [-0.05, 0) is 24.6 Å². The first-order chi connectivity index (χ1) is 6.70. The minimum Gasteiger partial charge on any atom is -0.391 e. The second-order valence-electron chi connectivity index (χ2n) is 3.55. The zero-order chi connectivity index (χ0) is 10.1. The molecule has 3 nitrogen and oxygen atoms in total. The molecule has 0 unspecified atom stereocenters. The maximum Gasteiger partial charge on any atom is 0.0704 e. The van der Waals surface area contributed by atoms with Gasteiger partial charge in [-0.2, -0.15) is 0 Å². The third-order valence-corrected chi connectivity index (χ3v) is 2.51. The number of aliphatic hydroxyl groups is 1. The first-order valence-electron chi connectivity index (χ1n) is 4.70. The Morgan fingerprint density at radius 2 is 2.07 bits per heavy atom. The van der Waals surface area contributed by atoms with Gasteiger partial charge in [0.15, 0.2) is 0 Å². The van der Waals surface area contributed by atoms with Gasteiger partial charge < -0.3 is 15.8 Å². The number of fused-ring (bicyclic) bond motifs is 1. The number of aromatic amines is 1. The fourth-order valence-electron chi connectivity index (χ4n) is 1.66. The summed E-state index contributed by atoms with van der Waals surface area (Å²) in [4.78, 5) is 3.12. The van der Waals surface area contributed by atoms with Crippen LogP contribution in [0, 0.1) is 0 Å². The highest BCUT2D eigenvalue weighted by Crippen LogP contribution is 2.23. The second kappa shape index (κ2) is 4.66. The number of halogens is 1. The number of hydrogen-bond donors (Lipinski definition) is 3. The molecule has 0 radical (unpaired) electrons. The van der Waals surface area contributed by atoms with E-state index < -0.39 is 6.10 Å². The smallest absolute Gasteiger partial charge is 0.0704 e. The van der Waals surface area contributed by atoms with Crippen LogP contribution in [0.5, 0.6) is 0 Å². The van der Waals surface area contributed by atoms with Crippen molar-refractivity contribution in [2.45, 2.75) is 19.1 Å². The molecule has 0 amide bonds. The third-order valence-electron chi connectivity index (χ3n) is 2.51. The predicted molar refractivity (Wildman–Crippen MR) is 64.2 cm³/mol. The summed E-state index contributed by atoms with van der Waals surface area (Å²) in [5, 5.41) is 10.5. The molecule has 0 aliphatic heterocycles. The maximum atomic E-state index is 9.44. The molecule has 4 N–H and O–H groups in total. The van der Waals surface area contributed by atoms with Gasteiger partial charge in [0.25, 0.3) is 0 Å². The topological polar surface area (TPSA) is 62.0 Å². The second-order valence-corrected chi connectivity index (χ2v) is 3.55. The van der Waals surface area contributed by atoms with Crippen LogP contribution in [0.2, 0.25) is 0 Å². The minimum atomic E-state index is -0.532. The highest BCUT2D eigenvalue weighted by molar-refractivity contribution is 5.85. The van der Waals surface area contributed by atoms with E-state index in [0.717, 1.165) is 16.5 Å². The van der Waals surface area contributed by atoms with Crippen molar-refractivity contribution in [2.24, 2.45) is 5.73 Å². The lowest BCUT2D eigenvalue weighted by molar-refractivity contribution is 0.165. The summed E-state index contributed by atoms with van der Waals surface area (Å²) in [7, 11) is 0. The van der Waals surface area contributed by atoms with E-state index in [4.69, 9.17) is 5.73 Å². The van der Waals surface area contributed by atoms with Gasteiger partial charge in [0.2, 0.25) is 0 Å². The van der Waals surface area contributed by atoms with Gasteiger partial charge in [-0.25, -0.2) is 0 Å². The maximum absolute atomic E-state index is 9.44. The van der Waals surface area contributed by atoms with Crippen molar-refractivity contribution in [1.29, 1.82) is 0 Å². The Balaban J connectivity index is 0.00000112. The molecule has 82 valence electrons. The molecule has 2 rings (SSSR count). The van der Waals surface area contributed by atoms with Gasteiger partial charge in [0.1, 0.15) is 0 Å². The summed E-state index contributed by atoms with van der Waals surface area (Å²) in [6.07, 6.45) is 1.35. The number of hydrogen-bond acceptors (Lipinski definition) is 2. The molecular formula is C11H15ClN2O. The van der Waals surface area contributed by atoms with Crippen LogP contribution in [0.3, 0.4) is 0 Å². The van der Waals surface area contributed by atoms with Gasteiger partial charge in [-0.15, -0.1) is 12.4 Å². The van der Waals surface area contributed by atoms with Gasteiger partial charge in [-0.3, -0.25) is 0 Å². The Hall–Kier alpha value is -1.03. The lowest BCUT2D eigenvalue weighted by Crippen LogP contribution is -2.23. The van der Waals surface area contributed by atoms with Crippen LogP contribution in [-0.2, 0) is 0 Å². The van der Waals surface area contributed by atoms with E-state index in [2.05, 4.69) is 4.98 Å². The van der Waals surface area contributed by atoms with Gasteiger partial charge in [0, 0.05) is 17.1 Å². The average molecular weight is 227 g/mol. The van der Waals surface area contributed by atoms with Crippen LogP contribution in [0.1, 0.15) is 18.5 Å². The number of rotatable bonds is 2. The molecule has 2 atom stereocenters. The quantitative estimate of drug-likeness (QED) is 0.733. The zero-order valence-corrected chi connectivity index (χ0v) is 9.29. The van der Waals surface area contributed by atoms with E-state index in [1.807, 2.05) is 30.5 Å². The first-order valence-corrected chi connectivity index (χ1v) is 4.70. The largest absolute Gasteiger partial charge is 0.391 e.